The summed E-state index contributed by atoms with van der Waals surface area (Å²) in [6.45, 7) is -0.178. The number of benzene rings is 2. The average Bonchev–Trinajstić information content (AvgIpc) is 2.59. The maximum Gasteiger partial charge on any atom is 0.335 e. The first kappa shape index (κ1) is 16.2. The second-order valence-corrected chi connectivity index (χ2v) is 4.72. The van der Waals surface area contributed by atoms with E-state index in [4.69, 9.17) is 9.84 Å². The number of aromatic carboxylic acids is 1. The molecule has 0 bridgehead atoms. The van der Waals surface area contributed by atoms with Crippen LogP contribution in [0.15, 0.2) is 48.5 Å². The molecule has 0 unspecified atom stereocenters. The molecule has 0 saturated carbocycles. The number of carboxylic acids is 1. The molecule has 1 amide bonds. The summed E-state index contributed by atoms with van der Waals surface area (Å²) < 4.78 is 5.01. The third-order valence-electron chi connectivity index (χ3n) is 3.19. The number of rotatable bonds is 6. The zero-order valence-electron chi connectivity index (χ0n) is 12.4. The van der Waals surface area contributed by atoms with Crippen molar-refractivity contribution in [3.05, 3.63) is 65.2 Å². The van der Waals surface area contributed by atoms with Gasteiger partial charge in [-0.15, -0.1) is 0 Å². The Kier molecular flexibility index (Phi) is 5.09. The monoisotopic (exact) mass is 313 g/mol. The van der Waals surface area contributed by atoms with E-state index in [1.54, 1.807) is 24.3 Å². The zero-order chi connectivity index (χ0) is 16.8. The fourth-order valence-electron chi connectivity index (χ4n) is 1.94. The van der Waals surface area contributed by atoms with Crippen LogP contribution in [0, 0.1) is 0 Å². The van der Waals surface area contributed by atoms with E-state index in [9.17, 15) is 14.4 Å². The maximum absolute atomic E-state index is 12.0. The van der Waals surface area contributed by atoms with E-state index in [2.05, 4.69) is 5.32 Å². The summed E-state index contributed by atoms with van der Waals surface area (Å²) in [4.78, 5) is 34.9. The fraction of sp³-hybridized carbons (Fsp3) is 0.118. The van der Waals surface area contributed by atoms with Crippen molar-refractivity contribution in [3.8, 4) is 5.75 Å². The van der Waals surface area contributed by atoms with Gasteiger partial charge in [0.2, 0.25) is 0 Å². The number of Topliss-reactive ketones (excluding diaryl/α,β-unsaturated/α-hetero) is 1. The number of amides is 1. The van der Waals surface area contributed by atoms with E-state index in [0.29, 0.717) is 11.3 Å². The molecule has 0 spiro atoms. The van der Waals surface area contributed by atoms with E-state index in [0.717, 1.165) is 0 Å². The minimum absolute atomic E-state index is 0.0131. The van der Waals surface area contributed by atoms with Gasteiger partial charge in [0.05, 0.1) is 19.2 Å². The molecule has 0 saturated heterocycles. The van der Waals surface area contributed by atoms with E-state index >= 15 is 0 Å². The third kappa shape index (κ3) is 4.16. The van der Waals surface area contributed by atoms with Crippen molar-refractivity contribution in [2.45, 2.75) is 0 Å². The lowest BCUT2D eigenvalue weighted by atomic mass is 10.1. The largest absolute Gasteiger partial charge is 0.497 e. The number of carbonyl (C=O) groups is 3. The van der Waals surface area contributed by atoms with Crippen LogP contribution in [0.1, 0.15) is 31.1 Å². The molecule has 118 valence electrons. The lowest BCUT2D eigenvalue weighted by Gasteiger charge is -2.06. The Morgan fingerprint density at radius 2 is 1.65 bits per heavy atom. The molecule has 0 aromatic heterocycles. The smallest absolute Gasteiger partial charge is 0.335 e. The van der Waals surface area contributed by atoms with E-state index in [-0.39, 0.29) is 23.5 Å². The zero-order valence-corrected chi connectivity index (χ0v) is 12.4. The first-order valence-electron chi connectivity index (χ1n) is 6.80. The number of nitrogens with one attached hydrogen (secondary N) is 1. The summed E-state index contributed by atoms with van der Waals surface area (Å²) in [6.07, 6.45) is 0. The fourth-order valence-corrected chi connectivity index (χ4v) is 1.94. The van der Waals surface area contributed by atoms with Crippen molar-refractivity contribution < 1.29 is 24.2 Å². The van der Waals surface area contributed by atoms with Crippen LogP contribution in [-0.2, 0) is 0 Å². The van der Waals surface area contributed by atoms with Crippen molar-refractivity contribution in [2.24, 2.45) is 0 Å². The lowest BCUT2D eigenvalue weighted by Crippen LogP contribution is -2.29. The first-order valence-corrected chi connectivity index (χ1v) is 6.80. The molecule has 2 aromatic carbocycles. The van der Waals surface area contributed by atoms with Crippen molar-refractivity contribution in [3.63, 3.8) is 0 Å². The normalized spacial score (nSPS) is 9.96. The third-order valence-corrected chi connectivity index (χ3v) is 3.19. The van der Waals surface area contributed by atoms with Crippen LogP contribution in [0.2, 0.25) is 0 Å². The number of ketones is 1. The van der Waals surface area contributed by atoms with Gasteiger partial charge in [0, 0.05) is 11.1 Å². The summed E-state index contributed by atoms with van der Waals surface area (Å²) in [5.41, 5.74) is 0.650. The highest BCUT2D eigenvalue weighted by Gasteiger charge is 2.12. The predicted molar refractivity (Wildman–Crippen MR) is 83.1 cm³/mol. The summed E-state index contributed by atoms with van der Waals surface area (Å²) in [5, 5.41) is 11.4. The Morgan fingerprint density at radius 3 is 2.26 bits per heavy atom. The van der Waals surface area contributed by atoms with Gasteiger partial charge in [-0.2, -0.15) is 0 Å². The molecule has 23 heavy (non-hydrogen) atoms. The summed E-state index contributed by atoms with van der Waals surface area (Å²) in [5.74, 6) is -1.24. The number of carboxylic acid groups (broad SMARTS) is 1. The molecule has 0 aliphatic carbocycles. The van der Waals surface area contributed by atoms with Crippen LogP contribution < -0.4 is 10.1 Å². The van der Waals surface area contributed by atoms with Crippen molar-refractivity contribution in [2.75, 3.05) is 13.7 Å². The number of ether oxygens (including phenoxy) is 1. The molecule has 0 atom stereocenters. The highest BCUT2D eigenvalue weighted by Crippen LogP contribution is 2.11. The van der Waals surface area contributed by atoms with Gasteiger partial charge in [-0.3, -0.25) is 9.59 Å². The Bertz CT molecular complexity index is 737. The predicted octanol–water partition coefficient (Wildman–Crippen LogP) is 2.01. The molecule has 2 N–H and O–H groups in total. The van der Waals surface area contributed by atoms with E-state index < -0.39 is 11.9 Å². The summed E-state index contributed by atoms with van der Waals surface area (Å²) in [7, 11) is 1.53. The van der Waals surface area contributed by atoms with Crippen LogP contribution in [0.25, 0.3) is 0 Å². The summed E-state index contributed by atoms with van der Waals surface area (Å²) in [6, 6.07) is 12.1. The number of methoxy groups -OCH3 is 1. The molecular formula is C17H15NO5. The van der Waals surface area contributed by atoms with Crippen molar-refractivity contribution >= 4 is 17.7 Å². The quantitative estimate of drug-likeness (QED) is 0.796. The summed E-state index contributed by atoms with van der Waals surface area (Å²) >= 11 is 0. The van der Waals surface area contributed by atoms with Crippen LogP contribution in [0.3, 0.4) is 0 Å². The van der Waals surface area contributed by atoms with Gasteiger partial charge in [-0.1, -0.05) is 6.07 Å². The van der Waals surface area contributed by atoms with Gasteiger partial charge in [0.25, 0.3) is 5.91 Å². The van der Waals surface area contributed by atoms with Gasteiger partial charge in [-0.25, -0.2) is 4.79 Å². The number of hydrogen-bond acceptors (Lipinski definition) is 4. The van der Waals surface area contributed by atoms with Crippen LogP contribution in [0.4, 0.5) is 0 Å². The van der Waals surface area contributed by atoms with Gasteiger partial charge < -0.3 is 15.2 Å². The highest BCUT2D eigenvalue weighted by atomic mass is 16.5. The molecule has 0 aliphatic heterocycles. The number of hydrogen-bond donors (Lipinski definition) is 2. The topological polar surface area (TPSA) is 92.7 Å². The average molecular weight is 313 g/mol. The minimum atomic E-state index is -1.12. The van der Waals surface area contributed by atoms with E-state index in [1.807, 2.05) is 0 Å². The van der Waals surface area contributed by atoms with Crippen LogP contribution in [-0.4, -0.2) is 36.4 Å². The second kappa shape index (κ2) is 7.22. The Hall–Kier alpha value is -3.15. The molecule has 0 heterocycles. The van der Waals surface area contributed by atoms with Gasteiger partial charge in [-0.05, 0) is 42.5 Å². The van der Waals surface area contributed by atoms with Gasteiger partial charge in [0.15, 0.2) is 5.78 Å². The second-order valence-electron chi connectivity index (χ2n) is 4.72. The van der Waals surface area contributed by atoms with Gasteiger partial charge >= 0.3 is 5.97 Å². The molecule has 6 heteroatoms. The molecule has 6 nitrogen and oxygen atoms in total. The Balaban J connectivity index is 1.99. The van der Waals surface area contributed by atoms with Crippen LogP contribution >= 0.6 is 0 Å². The standard InChI is InChI=1S/C17H15NO5/c1-23-14-7-5-11(6-8-14)15(19)10-18-16(20)12-3-2-4-13(9-12)17(21)22/h2-9H,10H2,1H3,(H,18,20)(H,21,22). The van der Waals surface area contributed by atoms with Crippen molar-refractivity contribution in [1.29, 1.82) is 0 Å². The minimum Gasteiger partial charge on any atom is -0.497 e. The Labute approximate surface area is 132 Å². The molecular weight excluding hydrogens is 298 g/mol. The van der Waals surface area contributed by atoms with E-state index in [1.165, 1.54) is 31.4 Å². The maximum atomic E-state index is 12.0. The first-order chi connectivity index (χ1) is 11.0. The van der Waals surface area contributed by atoms with Crippen LogP contribution in [0.5, 0.6) is 5.75 Å². The van der Waals surface area contributed by atoms with Crippen molar-refractivity contribution in [1.82, 2.24) is 5.32 Å². The van der Waals surface area contributed by atoms with Gasteiger partial charge in [0.1, 0.15) is 5.75 Å². The number of carbonyl (C=O) groups excluding carboxylic acids is 2. The highest BCUT2D eigenvalue weighted by molar-refractivity contribution is 6.03. The molecule has 0 radical (unpaired) electrons. The SMILES string of the molecule is COc1ccc(C(=O)CNC(=O)c2cccc(C(=O)O)c2)cc1. The Morgan fingerprint density at radius 1 is 1.00 bits per heavy atom. The molecule has 2 aromatic rings. The molecule has 2 rings (SSSR count). The molecule has 0 fully saturated rings. The molecule has 0 aliphatic rings. The lowest BCUT2D eigenvalue weighted by molar-refractivity contribution is 0.0696.